The Hall–Kier alpha value is -2.76. The molecule has 3 aromatic rings. The van der Waals surface area contributed by atoms with Crippen LogP contribution in [0.2, 0.25) is 0 Å². The smallest absolute Gasteiger partial charge is 0.0945 e. The van der Waals surface area contributed by atoms with Gasteiger partial charge in [-0.2, -0.15) is 0 Å². The zero-order chi connectivity index (χ0) is 23.7. The molecule has 0 radical (unpaired) electrons. The van der Waals surface area contributed by atoms with Crippen molar-refractivity contribution in [2.75, 3.05) is 33.2 Å². The van der Waals surface area contributed by atoms with Gasteiger partial charge in [0, 0.05) is 57.2 Å². The summed E-state index contributed by atoms with van der Waals surface area (Å²) in [4.78, 5) is 14.6. The van der Waals surface area contributed by atoms with Crippen molar-refractivity contribution in [2.24, 2.45) is 7.05 Å². The first-order valence-electron chi connectivity index (χ1n) is 12.7. The monoisotopic (exact) mass is 455 g/mol. The summed E-state index contributed by atoms with van der Waals surface area (Å²) in [6, 6.07) is 11.6. The van der Waals surface area contributed by atoms with E-state index in [1.54, 1.807) is 0 Å². The van der Waals surface area contributed by atoms with Gasteiger partial charge in [-0.05, 0) is 54.8 Å². The van der Waals surface area contributed by atoms with Gasteiger partial charge in [-0.1, -0.05) is 49.6 Å². The van der Waals surface area contributed by atoms with Crippen LogP contribution in [-0.4, -0.2) is 57.6 Å². The first-order chi connectivity index (χ1) is 16.6. The summed E-state index contributed by atoms with van der Waals surface area (Å²) in [6.07, 6.45) is 11.9. The van der Waals surface area contributed by atoms with Crippen LogP contribution in [0.4, 0.5) is 0 Å². The number of aromatic nitrogens is 3. The first-order valence-corrected chi connectivity index (χ1v) is 12.7. The van der Waals surface area contributed by atoms with Crippen molar-refractivity contribution in [3.05, 3.63) is 82.7 Å². The van der Waals surface area contributed by atoms with E-state index in [4.69, 9.17) is 4.98 Å². The summed E-state index contributed by atoms with van der Waals surface area (Å²) in [5, 5.41) is 0. The lowest BCUT2D eigenvalue weighted by molar-refractivity contribution is 0.125. The molecular weight excluding hydrogens is 418 g/mol. The molecule has 5 rings (SSSR count). The summed E-state index contributed by atoms with van der Waals surface area (Å²) >= 11 is 0. The fourth-order valence-electron chi connectivity index (χ4n) is 5.64. The van der Waals surface area contributed by atoms with Crippen LogP contribution in [0.25, 0.3) is 11.6 Å². The van der Waals surface area contributed by atoms with Crippen LogP contribution in [0.15, 0.2) is 49.1 Å². The van der Waals surface area contributed by atoms with Crippen molar-refractivity contribution in [3.63, 3.8) is 0 Å². The average molecular weight is 456 g/mol. The molecule has 0 amide bonds. The Bertz CT molecular complexity index is 1170. The maximum Gasteiger partial charge on any atom is 0.0945 e. The number of hydrogen-bond acceptors (Lipinski definition) is 4. The number of aryl methyl sites for hydroxylation is 2. The molecule has 3 heterocycles. The highest BCUT2D eigenvalue weighted by Gasteiger charge is 2.34. The first kappa shape index (κ1) is 23.0. The van der Waals surface area contributed by atoms with Crippen molar-refractivity contribution < 1.29 is 0 Å². The van der Waals surface area contributed by atoms with Crippen molar-refractivity contribution in [1.29, 1.82) is 0 Å². The van der Waals surface area contributed by atoms with Gasteiger partial charge in [-0.15, -0.1) is 0 Å². The van der Waals surface area contributed by atoms with E-state index in [0.717, 1.165) is 32.6 Å². The molecule has 5 nitrogen and oxygen atoms in total. The summed E-state index contributed by atoms with van der Waals surface area (Å²) in [6.45, 7) is 8.79. The molecule has 1 saturated heterocycles. The molecular formula is C29H37N5. The number of allylic oxidation sites excluding steroid dienone is 1. The fraction of sp³-hybridized carbons (Fsp3) is 0.448. The predicted molar refractivity (Wildman–Crippen MR) is 140 cm³/mol. The maximum atomic E-state index is 5.00. The number of benzene rings is 1. The lowest BCUT2D eigenvalue weighted by Crippen LogP contribution is -2.46. The van der Waals surface area contributed by atoms with Crippen LogP contribution < -0.4 is 0 Å². The Morgan fingerprint density at radius 2 is 1.91 bits per heavy atom. The third-order valence-corrected chi connectivity index (χ3v) is 7.59. The molecule has 0 bridgehead atoms. The second-order valence-corrected chi connectivity index (χ2v) is 10.0. The molecule has 1 aromatic carbocycles. The largest absolute Gasteiger partial charge is 0.337 e. The third kappa shape index (κ3) is 4.35. The van der Waals surface area contributed by atoms with E-state index in [2.05, 4.69) is 89.9 Å². The van der Waals surface area contributed by atoms with Crippen LogP contribution in [0, 0.1) is 6.92 Å². The number of piperazine rings is 1. The standard InChI is InChI=1S/C29H37N5/c1-5-6-9-23(27-19-30-20-33(27)4)26-18-22-8-7-12-31-28(22)29(34-15-13-32(3)14-16-34)24-11-10-21(2)17-25(24)26/h7-8,10-12,17-20,23,29H,5-6,9,13-16H2,1-4H3/t23?,29-/m0/s1. The number of imidazole rings is 1. The zero-order valence-electron chi connectivity index (χ0n) is 21.0. The van der Waals surface area contributed by atoms with Crippen LogP contribution in [0.3, 0.4) is 0 Å². The van der Waals surface area contributed by atoms with Crippen LogP contribution in [0.5, 0.6) is 0 Å². The Labute approximate surface area is 204 Å². The van der Waals surface area contributed by atoms with Gasteiger partial charge in [-0.25, -0.2) is 4.98 Å². The molecule has 0 spiro atoms. The molecule has 1 unspecified atom stereocenters. The summed E-state index contributed by atoms with van der Waals surface area (Å²) < 4.78 is 2.20. The Morgan fingerprint density at radius 1 is 1.09 bits per heavy atom. The van der Waals surface area contributed by atoms with E-state index in [1.807, 2.05) is 12.5 Å². The molecule has 34 heavy (non-hydrogen) atoms. The molecule has 2 atom stereocenters. The molecule has 5 heteroatoms. The lowest BCUT2D eigenvalue weighted by Gasteiger charge is -2.38. The third-order valence-electron chi connectivity index (χ3n) is 7.59. The summed E-state index contributed by atoms with van der Waals surface area (Å²) in [5.41, 5.74) is 9.20. The minimum Gasteiger partial charge on any atom is -0.337 e. The molecule has 0 N–H and O–H groups in total. The van der Waals surface area contributed by atoms with Gasteiger partial charge in [0.15, 0.2) is 0 Å². The van der Waals surface area contributed by atoms with E-state index in [-0.39, 0.29) is 6.04 Å². The van der Waals surface area contributed by atoms with E-state index in [0.29, 0.717) is 5.92 Å². The van der Waals surface area contributed by atoms with Crippen molar-refractivity contribution in [2.45, 2.75) is 45.1 Å². The Morgan fingerprint density at radius 3 is 2.65 bits per heavy atom. The van der Waals surface area contributed by atoms with E-state index in [9.17, 15) is 0 Å². The van der Waals surface area contributed by atoms with E-state index in [1.165, 1.54) is 52.1 Å². The van der Waals surface area contributed by atoms with Crippen molar-refractivity contribution >= 4 is 11.6 Å². The Balaban J connectivity index is 1.71. The van der Waals surface area contributed by atoms with Gasteiger partial charge in [0.1, 0.15) is 0 Å². The average Bonchev–Trinajstić information content (AvgIpc) is 3.21. The Kier molecular flexibility index (Phi) is 6.66. The molecule has 1 aliphatic heterocycles. The molecule has 0 saturated carbocycles. The van der Waals surface area contributed by atoms with Crippen LogP contribution >= 0.6 is 0 Å². The van der Waals surface area contributed by atoms with Gasteiger partial charge in [0.05, 0.1) is 18.1 Å². The van der Waals surface area contributed by atoms with Gasteiger partial charge in [-0.3, -0.25) is 9.88 Å². The maximum absolute atomic E-state index is 5.00. The number of fused-ring (bicyclic) bond motifs is 2. The lowest BCUT2D eigenvalue weighted by atomic mass is 9.82. The predicted octanol–water partition coefficient (Wildman–Crippen LogP) is 5.29. The molecule has 1 fully saturated rings. The topological polar surface area (TPSA) is 37.2 Å². The van der Waals surface area contributed by atoms with Crippen LogP contribution in [0.1, 0.15) is 71.8 Å². The molecule has 1 aliphatic carbocycles. The van der Waals surface area contributed by atoms with Crippen molar-refractivity contribution in [1.82, 2.24) is 24.3 Å². The number of nitrogens with zero attached hydrogens (tertiary/aromatic N) is 5. The second-order valence-electron chi connectivity index (χ2n) is 10.0. The van der Waals surface area contributed by atoms with Crippen molar-refractivity contribution in [3.8, 4) is 0 Å². The van der Waals surface area contributed by atoms with Crippen LogP contribution in [-0.2, 0) is 7.05 Å². The highest BCUT2D eigenvalue weighted by molar-refractivity contribution is 5.89. The number of rotatable bonds is 6. The van der Waals surface area contributed by atoms with Gasteiger partial charge in [0.25, 0.3) is 0 Å². The van der Waals surface area contributed by atoms with Gasteiger partial charge >= 0.3 is 0 Å². The zero-order valence-corrected chi connectivity index (χ0v) is 21.0. The number of likely N-dealkylation sites (N-methyl/N-ethyl adjacent to an activating group) is 1. The normalized spacial score (nSPS) is 19.8. The molecule has 178 valence electrons. The summed E-state index contributed by atoms with van der Waals surface area (Å²) in [5.74, 6) is 0.298. The highest BCUT2D eigenvalue weighted by atomic mass is 15.3. The van der Waals surface area contributed by atoms with Gasteiger partial charge < -0.3 is 9.47 Å². The summed E-state index contributed by atoms with van der Waals surface area (Å²) in [7, 11) is 4.35. The van der Waals surface area contributed by atoms with E-state index < -0.39 is 0 Å². The molecule has 2 aromatic heterocycles. The fourth-order valence-corrected chi connectivity index (χ4v) is 5.64. The number of hydrogen-bond donors (Lipinski definition) is 0. The van der Waals surface area contributed by atoms with Gasteiger partial charge in [0.2, 0.25) is 0 Å². The molecule has 2 aliphatic rings. The quantitative estimate of drug-likeness (QED) is 0.506. The minimum absolute atomic E-state index is 0.174. The second kappa shape index (κ2) is 9.85. The van der Waals surface area contributed by atoms with E-state index >= 15 is 0 Å². The number of unbranched alkanes of at least 4 members (excludes halogenated alkanes) is 1. The number of pyridine rings is 1. The SMILES string of the molecule is CCCCC(C1=Cc2cccnc2[C@@H](N2CCN(C)CC2)c2ccc(C)cc21)c1cncn1C. The minimum atomic E-state index is 0.174. The highest BCUT2D eigenvalue weighted by Crippen LogP contribution is 2.45.